The number of hydrogen-bond acceptors (Lipinski definition) is 4. The summed E-state index contributed by atoms with van der Waals surface area (Å²) in [4.78, 5) is 23.2. The molecule has 0 radical (unpaired) electrons. The molecule has 6 heteroatoms. The van der Waals surface area contributed by atoms with Gasteiger partial charge in [0.05, 0.1) is 0 Å². The quantitative estimate of drug-likeness (QED) is 0.878. The van der Waals surface area contributed by atoms with Crippen LogP contribution in [0.5, 0.6) is 0 Å². The predicted octanol–water partition coefficient (Wildman–Crippen LogP) is 2.67. The maximum absolute atomic E-state index is 11.7. The van der Waals surface area contributed by atoms with E-state index in [9.17, 15) is 9.59 Å². The minimum absolute atomic E-state index is 0.0974. The second-order valence-electron chi connectivity index (χ2n) is 5.66. The zero-order valence-electron chi connectivity index (χ0n) is 12.4. The van der Waals surface area contributed by atoms with Crippen LogP contribution in [0, 0.1) is 0 Å². The number of alkyl carbamates (subject to hydrolysis) is 1. The van der Waals surface area contributed by atoms with Crippen LogP contribution in [0.3, 0.4) is 0 Å². The van der Waals surface area contributed by atoms with Gasteiger partial charge in [0.2, 0.25) is 5.91 Å². The monoisotopic (exact) mass is 298 g/mol. The van der Waals surface area contributed by atoms with Crippen LogP contribution in [0.4, 0.5) is 4.79 Å². The highest BCUT2D eigenvalue weighted by Crippen LogP contribution is 2.07. The van der Waals surface area contributed by atoms with Crippen molar-refractivity contribution in [3.8, 4) is 0 Å². The number of amides is 2. The van der Waals surface area contributed by atoms with Crippen LogP contribution in [0.25, 0.3) is 0 Å². The summed E-state index contributed by atoms with van der Waals surface area (Å²) in [7, 11) is 0. The lowest BCUT2D eigenvalue weighted by molar-refractivity contribution is -0.121. The summed E-state index contributed by atoms with van der Waals surface area (Å²) in [5.74, 6) is -0.0974. The largest absolute Gasteiger partial charge is 0.444 e. The van der Waals surface area contributed by atoms with Crippen molar-refractivity contribution in [1.29, 1.82) is 0 Å². The Morgan fingerprint density at radius 2 is 2.10 bits per heavy atom. The van der Waals surface area contributed by atoms with E-state index in [-0.39, 0.29) is 18.4 Å². The van der Waals surface area contributed by atoms with Gasteiger partial charge >= 0.3 is 6.09 Å². The van der Waals surface area contributed by atoms with E-state index >= 15 is 0 Å². The van der Waals surface area contributed by atoms with E-state index in [0.717, 1.165) is 5.56 Å². The highest BCUT2D eigenvalue weighted by Gasteiger charge is 2.18. The lowest BCUT2D eigenvalue weighted by Gasteiger charge is -2.21. The van der Waals surface area contributed by atoms with Gasteiger partial charge in [-0.15, -0.1) is 0 Å². The first-order valence-electron chi connectivity index (χ1n) is 6.53. The Bertz CT molecular complexity index is 438. The second kappa shape index (κ2) is 7.28. The number of ether oxygens (including phenoxy) is 1. The minimum atomic E-state index is -0.537. The highest BCUT2D eigenvalue weighted by atomic mass is 32.1. The van der Waals surface area contributed by atoms with E-state index in [1.807, 2.05) is 16.8 Å². The molecule has 0 fully saturated rings. The van der Waals surface area contributed by atoms with Gasteiger partial charge in [-0.05, 0) is 50.1 Å². The first-order valence-corrected chi connectivity index (χ1v) is 7.48. The maximum atomic E-state index is 11.7. The Balaban J connectivity index is 2.25. The van der Waals surface area contributed by atoms with Crippen LogP contribution in [-0.2, 0) is 16.1 Å². The molecular formula is C14H22N2O3S. The second-order valence-corrected chi connectivity index (χ2v) is 6.44. The van der Waals surface area contributed by atoms with Gasteiger partial charge in [-0.25, -0.2) is 4.79 Å². The maximum Gasteiger partial charge on any atom is 0.407 e. The van der Waals surface area contributed by atoms with Crippen LogP contribution in [-0.4, -0.2) is 23.6 Å². The smallest absolute Gasteiger partial charge is 0.407 e. The summed E-state index contributed by atoms with van der Waals surface area (Å²) < 4.78 is 5.13. The molecule has 1 aromatic rings. The SMILES string of the molecule is C[C@@H](CC(=O)NCc1ccsc1)NC(=O)OC(C)(C)C. The molecular weight excluding hydrogens is 276 g/mol. The molecule has 1 heterocycles. The van der Waals surface area contributed by atoms with Crippen molar-refractivity contribution in [1.82, 2.24) is 10.6 Å². The fourth-order valence-electron chi connectivity index (χ4n) is 1.50. The molecule has 0 aliphatic carbocycles. The van der Waals surface area contributed by atoms with Crippen molar-refractivity contribution in [3.05, 3.63) is 22.4 Å². The number of hydrogen-bond donors (Lipinski definition) is 2. The van der Waals surface area contributed by atoms with Gasteiger partial charge in [-0.2, -0.15) is 11.3 Å². The molecule has 5 nitrogen and oxygen atoms in total. The Morgan fingerprint density at radius 3 is 2.65 bits per heavy atom. The van der Waals surface area contributed by atoms with E-state index in [0.29, 0.717) is 6.54 Å². The summed E-state index contributed by atoms with van der Waals surface area (Å²) in [6.45, 7) is 7.68. The molecule has 0 bridgehead atoms. The van der Waals surface area contributed by atoms with Crippen molar-refractivity contribution in [2.75, 3.05) is 0 Å². The van der Waals surface area contributed by atoms with Crippen molar-refractivity contribution in [2.24, 2.45) is 0 Å². The zero-order chi connectivity index (χ0) is 15.2. The van der Waals surface area contributed by atoms with E-state index < -0.39 is 11.7 Å². The molecule has 1 atom stereocenters. The zero-order valence-corrected chi connectivity index (χ0v) is 13.2. The van der Waals surface area contributed by atoms with E-state index in [2.05, 4.69) is 10.6 Å². The van der Waals surface area contributed by atoms with Gasteiger partial charge in [-0.1, -0.05) is 0 Å². The number of carbonyl (C=O) groups excluding carboxylic acids is 2. The summed E-state index contributed by atoms with van der Waals surface area (Å²) in [5.41, 5.74) is 0.543. The molecule has 0 aromatic carbocycles. The highest BCUT2D eigenvalue weighted by molar-refractivity contribution is 7.07. The average Bonchev–Trinajstić information content (AvgIpc) is 2.75. The van der Waals surface area contributed by atoms with Crippen LogP contribution in [0.1, 0.15) is 39.7 Å². The fraction of sp³-hybridized carbons (Fsp3) is 0.571. The molecule has 112 valence electrons. The molecule has 0 aliphatic heterocycles. The number of nitrogens with one attached hydrogen (secondary N) is 2. The molecule has 0 saturated heterocycles. The summed E-state index contributed by atoms with van der Waals surface area (Å²) in [6.07, 6.45) is -0.278. The van der Waals surface area contributed by atoms with Crippen LogP contribution < -0.4 is 10.6 Å². The van der Waals surface area contributed by atoms with Gasteiger partial charge in [0, 0.05) is 19.0 Å². The molecule has 0 spiro atoms. The molecule has 1 aromatic heterocycles. The van der Waals surface area contributed by atoms with Crippen molar-refractivity contribution >= 4 is 23.3 Å². The van der Waals surface area contributed by atoms with Gasteiger partial charge < -0.3 is 15.4 Å². The van der Waals surface area contributed by atoms with Crippen molar-refractivity contribution in [3.63, 3.8) is 0 Å². The third-order valence-electron chi connectivity index (χ3n) is 2.32. The standard InChI is InChI=1S/C14H22N2O3S/c1-10(16-13(18)19-14(2,3)4)7-12(17)15-8-11-5-6-20-9-11/h5-6,9-10H,7-8H2,1-4H3,(H,15,17)(H,16,18)/t10-/m0/s1. The number of thiophene rings is 1. The predicted molar refractivity (Wildman–Crippen MR) is 79.6 cm³/mol. The number of rotatable bonds is 5. The lowest BCUT2D eigenvalue weighted by Crippen LogP contribution is -2.40. The van der Waals surface area contributed by atoms with E-state index in [1.54, 1.807) is 39.0 Å². The van der Waals surface area contributed by atoms with E-state index in [4.69, 9.17) is 4.74 Å². The van der Waals surface area contributed by atoms with E-state index in [1.165, 1.54) is 0 Å². The molecule has 0 aliphatic rings. The van der Waals surface area contributed by atoms with Crippen molar-refractivity contribution < 1.29 is 14.3 Å². The molecule has 2 amide bonds. The first kappa shape index (κ1) is 16.5. The molecule has 0 saturated carbocycles. The molecule has 0 unspecified atom stereocenters. The topological polar surface area (TPSA) is 67.4 Å². The third-order valence-corrected chi connectivity index (χ3v) is 3.06. The fourth-order valence-corrected chi connectivity index (χ4v) is 2.17. The average molecular weight is 298 g/mol. The van der Waals surface area contributed by atoms with Gasteiger partial charge in [0.15, 0.2) is 0 Å². The van der Waals surface area contributed by atoms with Crippen LogP contribution in [0.2, 0.25) is 0 Å². The van der Waals surface area contributed by atoms with Crippen LogP contribution in [0.15, 0.2) is 16.8 Å². The van der Waals surface area contributed by atoms with Crippen molar-refractivity contribution in [2.45, 2.75) is 52.3 Å². The van der Waals surface area contributed by atoms with Crippen LogP contribution >= 0.6 is 11.3 Å². The molecule has 1 rings (SSSR count). The molecule has 2 N–H and O–H groups in total. The van der Waals surface area contributed by atoms with Gasteiger partial charge in [0.1, 0.15) is 5.60 Å². The first-order chi connectivity index (χ1) is 9.26. The van der Waals surface area contributed by atoms with Gasteiger partial charge in [0.25, 0.3) is 0 Å². The lowest BCUT2D eigenvalue weighted by atomic mass is 10.2. The minimum Gasteiger partial charge on any atom is -0.444 e. The third kappa shape index (κ3) is 7.13. The summed E-state index contributed by atoms with van der Waals surface area (Å²) in [6, 6.07) is 1.69. The summed E-state index contributed by atoms with van der Waals surface area (Å²) >= 11 is 1.59. The normalized spacial score (nSPS) is 12.6. The Kier molecular flexibility index (Phi) is 6.01. The summed E-state index contributed by atoms with van der Waals surface area (Å²) in [5, 5.41) is 9.41. The molecule has 20 heavy (non-hydrogen) atoms. The Labute approximate surface area is 123 Å². The Hall–Kier alpha value is -1.56. The van der Waals surface area contributed by atoms with Gasteiger partial charge in [-0.3, -0.25) is 4.79 Å². The Morgan fingerprint density at radius 1 is 1.40 bits per heavy atom. The number of carbonyl (C=O) groups is 2.